The molecule has 1 atom stereocenters. The summed E-state index contributed by atoms with van der Waals surface area (Å²) >= 11 is 0. The van der Waals surface area contributed by atoms with Crippen molar-refractivity contribution in [3.63, 3.8) is 0 Å². The Hall–Kier alpha value is -7.11. The van der Waals surface area contributed by atoms with E-state index in [0.29, 0.717) is 17.7 Å². The Morgan fingerprint density at radius 3 is 2.07 bits per heavy atom. The number of hydrogen-bond acceptors (Lipinski definition) is 3. The van der Waals surface area contributed by atoms with E-state index in [9.17, 15) is 0 Å². The number of aromatic nitrogens is 5. The van der Waals surface area contributed by atoms with E-state index in [4.69, 9.17) is 15.0 Å². The van der Waals surface area contributed by atoms with E-state index in [1.54, 1.807) is 0 Å². The normalized spacial score (nSPS) is 15.5. The number of para-hydroxylation sites is 2. The summed E-state index contributed by atoms with van der Waals surface area (Å²) in [7, 11) is 0. The van der Waals surface area contributed by atoms with E-state index < -0.39 is 0 Å². The lowest BCUT2D eigenvalue weighted by atomic mass is 9.93. The Balaban J connectivity index is 1.07. The van der Waals surface area contributed by atoms with Gasteiger partial charge in [0.15, 0.2) is 11.6 Å². The molecule has 0 bridgehead atoms. The molecule has 9 aromatic rings. The molecule has 11 rings (SSSR count). The summed E-state index contributed by atoms with van der Waals surface area (Å²) in [4.78, 5) is 15.4. The zero-order chi connectivity index (χ0) is 37.9. The molecule has 0 fully saturated rings. The van der Waals surface area contributed by atoms with Crippen molar-refractivity contribution >= 4 is 54.9 Å². The van der Waals surface area contributed by atoms with Crippen LogP contribution in [0.15, 0.2) is 176 Å². The van der Waals surface area contributed by atoms with Crippen LogP contribution in [0, 0.1) is 5.92 Å². The van der Waals surface area contributed by atoms with Gasteiger partial charge in [0, 0.05) is 38.4 Å². The van der Waals surface area contributed by atoms with Gasteiger partial charge in [-0.05, 0) is 89.9 Å². The standard InChI is InChI=1S/C52H39N5/c1-34-16-8-9-23-40(34)51-53-50(35-17-4-2-5-18-35)54-52(55-51)57-45-27-12-10-24-42(45)44-33-37(30-31-47(44)57)36-19-14-20-38(32-36)41-26-15-29-48-49(41)43-25-11-13-28-46(43)56(48)39-21-6-3-7-22-39/h2,4-6,8-15,17-34H,3,7,16H2,1H3. The molecule has 57 heavy (non-hydrogen) atoms. The molecule has 0 saturated carbocycles. The summed E-state index contributed by atoms with van der Waals surface area (Å²) in [5, 5.41) is 4.87. The fraction of sp³-hybridized carbons (Fsp3) is 0.0962. The molecule has 0 saturated heterocycles. The molecular formula is C52H39N5. The first-order chi connectivity index (χ1) is 28.2. The van der Waals surface area contributed by atoms with Gasteiger partial charge >= 0.3 is 0 Å². The minimum absolute atomic E-state index is 0.308. The van der Waals surface area contributed by atoms with Gasteiger partial charge in [-0.15, -0.1) is 0 Å². The van der Waals surface area contributed by atoms with Crippen LogP contribution in [-0.2, 0) is 0 Å². The van der Waals surface area contributed by atoms with Gasteiger partial charge in [-0.1, -0.05) is 140 Å². The quantitative estimate of drug-likeness (QED) is 0.171. The van der Waals surface area contributed by atoms with Gasteiger partial charge in [0.1, 0.15) is 0 Å². The highest BCUT2D eigenvalue weighted by Crippen LogP contribution is 2.41. The highest BCUT2D eigenvalue weighted by Gasteiger charge is 2.22. The predicted molar refractivity (Wildman–Crippen MR) is 237 cm³/mol. The molecule has 3 heterocycles. The SMILES string of the molecule is CC1CC=CC=C1c1nc(-c2ccccc2)nc(-n2c3ccccc3c3cc(-c4cccc(-c5cccc6c5c5ccccc5n6C5=CCCC=C5)c4)ccc32)n1. The second-order valence-electron chi connectivity index (χ2n) is 15.2. The van der Waals surface area contributed by atoms with Gasteiger partial charge in [0.2, 0.25) is 5.95 Å². The molecule has 0 amide bonds. The molecule has 6 aromatic carbocycles. The van der Waals surface area contributed by atoms with Crippen LogP contribution < -0.4 is 0 Å². The summed E-state index contributed by atoms with van der Waals surface area (Å²) in [5.74, 6) is 2.32. The minimum Gasteiger partial charge on any atom is -0.310 e. The Morgan fingerprint density at radius 1 is 0.526 bits per heavy atom. The van der Waals surface area contributed by atoms with E-state index in [2.05, 4.69) is 174 Å². The third kappa shape index (κ3) is 5.57. The van der Waals surface area contributed by atoms with E-state index in [0.717, 1.165) is 63.6 Å². The summed E-state index contributed by atoms with van der Waals surface area (Å²) < 4.78 is 4.64. The highest BCUT2D eigenvalue weighted by atomic mass is 15.2. The molecule has 272 valence electrons. The van der Waals surface area contributed by atoms with Crippen LogP contribution in [0.2, 0.25) is 0 Å². The molecule has 1 unspecified atom stereocenters. The number of benzene rings is 6. The zero-order valence-corrected chi connectivity index (χ0v) is 31.7. The van der Waals surface area contributed by atoms with Crippen molar-refractivity contribution in [1.82, 2.24) is 24.1 Å². The van der Waals surface area contributed by atoms with E-state index in [1.165, 1.54) is 44.2 Å². The van der Waals surface area contributed by atoms with Gasteiger partial charge in [0.25, 0.3) is 0 Å². The largest absolute Gasteiger partial charge is 0.310 e. The Labute approximate surface area is 331 Å². The molecule has 5 heteroatoms. The Bertz CT molecular complexity index is 3170. The van der Waals surface area contributed by atoms with E-state index >= 15 is 0 Å². The van der Waals surface area contributed by atoms with Crippen molar-refractivity contribution in [2.45, 2.75) is 26.2 Å². The van der Waals surface area contributed by atoms with Crippen LogP contribution in [-0.4, -0.2) is 24.1 Å². The number of rotatable bonds is 6. The van der Waals surface area contributed by atoms with Crippen molar-refractivity contribution < 1.29 is 0 Å². The van der Waals surface area contributed by atoms with Crippen molar-refractivity contribution in [1.29, 1.82) is 0 Å². The molecule has 2 aliphatic carbocycles. The molecule has 2 aliphatic rings. The first-order valence-corrected chi connectivity index (χ1v) is 19.9. The van der Waals surface area contributed by atoms with Gasteiger partial charge in [-0.25, -0.2) is 4.98 Å². The van der Waals surface area contributed by atoms with Crippen LogP contribution in [0.25, 0.3) is 94.5 Å². The maximum Gasteiger partial charge on any atom is 0.238 e. The van der Waals surface area contributed by atoms with E-state index in [-0.39, 0.29) is 0 Å². The summed E-state index contributed by atoms with van der Waals surface area (Å²) in [5.41, 5.74) is 12.7. The molecule has 5 nitrogen and oxygen atoms in total. The van der Waals surface area contributed by atoms with Gasteiger partial charge < -0.3 is 4.57 Å². The lowest BCUT2D eigenvalue weighted by Crippen LogP contribution is -2.11. The smallest absolute Gasteiger partial charge is 0.238 e. The maximum absolute atomic E-state index is 5.21. The fourth-order valence-corrected chi connectivity index (χ4v) is 8.89. The third-order valence-corrected chi connectivity index (χ3v) is 11.7. The average Bonchev–Trinajstić information content (AvgIpc) is 3.80. The fourth-order valence-electron chi connectivity index (χ4n) is 8.89. The second-order valence-corrected chi connectivity index (χ2v) is 15.2. The Kier molecular flexibility index (Phi) is 7.92. The molecular weight excluding hydrogens is 695 g/mol. The molecule has 3 aromatic heterocycles. The highest BCUT2D eigenvalue weighted by molar-refractivity contribution is 6.17. The summed E-state index contributed by atoms with van der Waals surface area (Å²) in [6, 6.07) is 50.2. The predicted octanol–water partition coefficient (Wildman–Crippen LogP) is 13.2. The second kappa shape index (κ2) is 13.6. The van der Waals surface area contributed by atoms with Crippen LogP contribution in [0.5, 0.6) is 0 Å². The van der Waals surface area contributed by atoms with Crippen molar-refractivity contribution in [3.8, 4) is 39.6 Å². The first kappa shape index (κ1) is 33.2. The molecule has 0 N–H and O–H groups in total. The first-order valence-electron chi connectivity index (χ1n) is 19.9. The van der Waals surface area contributed by atoms with Crippen LogP contribution in [0.4, 0.5) is 0 Å². The van der Waals surface area contributed by atoms with Crippen LogP contribution in [0.3, 0.4) is 0 Å². The van der Waals surface area contributed by atoms with Crippen molar-refractivity contribution in [3.05, 3.63) is 182 Å². The van der Waals surface area contributed by atoms with Gasteiger partial charge in [-0.2, -0.15) is 9.97 Å². The van der Waals surface area contributed by atoms with Crippen molar-refractivity contribution in [2.75, 3.05) is 0 Å². The number of hydrogen-bond donors (Lipinski definition) is 0. The van der Waals surface area contributed by atoms with Crippen LogP contribution >= 0.6 is 0 Å². The summed E-state index contributed by atoms with van der Waals surface area (Å²) in [6.45, 7) is 2.24. The van der Waals surface area contributed by atoms with E-state index in [1.807, 2.05) is 18.2 Å². The molecule has 0 spiro atoms. The number of nitrogens with zero attached hydrogens (tertiary/aromatic N) is 5. The number of fused-ring (bicyclic) bond motifs is 6. The summed E-state index contributed by atoms with van der Waals surface area (Å²) in [6.07, 6.45) is 16.5. The lowest BCUT2D eigenvalue weighted by Gasteiger charge is -2.17. The van der Waals surface area contributed by atoms with Crippen molar-refractivity contribution in [2.24, 2.45) is 5.92 Å². The lowest BCUT2D eigenvalue weighted by molar-refractivity contribution is 0.744. The average molecular weight is 734 g/mol. The topological polar surface area (TPSA) is 48.5 Å². The maximum atomic E-state index is 5.21. The monoisotopic (exact) mass is 733 g/mol. The third-order valence-electron chi connectivity index (χ3n) is 11.7. The molecule has 0 aliphatic heterocycles. The van der Waals surface area contributed by atoms with Gasteiger partial charge in [0.05, 0.1) is 22.1 Å². The Morgan fingerprint density at radius 2 is 1.23 bits per heavy atom. The number of allylic oxidation sites excluding steroid dienone is 8. The van der Waals surface area contributed by atoms with Crippen LogP contribution in [0.1, 0.15) is 32.0 Å². The zero-order valence-electron chi connectivity index (χ0n) is 31.7. The van der Waals surface area contributed by atoms with Gasteiger partial charge in [-0.3, -0.25) is 4.57 Å². The molecule has 0 radical (unpaired) electrons. The minimum atomic E-state index is 0.308.